The van der Waals surface area contributed by atoms with E-state index >= 15 is 0 Å². The van der Waals surface area contributed by atoms with Gasteiger partial charge in [0.05, 0.1) is 5.69 Å². The van der Waals surface area contributed by atoms with Gasteiger partial charge in [0.25, 0.3) is 0 Å². The largest absolute Gasteiger partial charge is 0.466 e. The highest BCUT2D eigenvalue weighted by Gasteiger charge is 2.12. The minimum atomic E-state index is -0.496. The number of thiazole rings is 1. The third kappa shape index (κ3) is 6.18. The number of nitrogens with zero attached hydrogens (tertiary/aromatic N) is 1. The van der Waals surface area contributed by atoms with Gasteiger partial charge < -0.3 is 19.8 Å². The van der Waals surface area contributed by atoms with Gasteiger partial charge in [-0.25, -0.2) is 9.78 Å². The van der Waals surface area contributed by atoms with E-state index in [1.165, 1.54) is 11.3 Å². The van der Waals surface area contributed by atoms with Gasteiger partial charge in [0.15, 0.2) is 5.13 Å². The molecule has 1 aromatic carbocycles. The summed E-state index contributed by atoms with van der Waals surface area (Å²) in [5.74, 6) is 1.48. The van der Waals surface area contributed by atoms with Crippen molar-refractivity contribution >= 4 is 28.5 Å². The number of hydrogen-bond donors (Lipinski definition) is 2. The first kappa shape index (κ1) is 20.6. The van der Waals surface area contributed by atoms with Gasteiger partial charge in [0, 0.05) is 23.9 Å². The molecule has 0 aliphatic heterocycles. The quantitative estimate of drug-likeness (QED) is 0.524. The molecule has 2 heterocycles. The van der Waals surface area contributed by atoms with Crippen LogP contribution >= 0.6 is 11.3 Å². The summed E-state index contributed by atoms with van der Waals surface area (Å²) < 4.78 is 10.6. The van der Waals surface area contributed by atoms with Crippen LogP contribution in [0.5, 0.6) is 0 Å². The van der Waals surface area contributed by atoms with Crippen molar-refractivity contribution < 1.29 is 18.7 Å². The summed E-state index contributed by atoms with van der Waals surface area (Å²) in [6.45, 7) is 4.35. The lowest BCUT2D eigenvalue weighted by molar-refractivity contribution is -0.116. The van der Waals surface area contributed by atoms with E-state index in [0.717, 1.165) is 28.3 Å². The molecular formula is C21H23N3O4S. The summed E-state index contributed by atoms with van der Waals surface area (Å²) in [5, 5.41) is 7.86. The molecule has 2 amide bonds. The molecule has 0 atom stereocenters. The van der Waals surface area contributed by atoms with Gasteiger partial charge >= 0.3 is 6.09 Å². The van der Waals surface area contributed by atoms with Gasteiger partial charge in [-0.3, -0.25) is 4.79 Å². The normalized spacial score (nSPS) is 10.6. The van der Waals surface area contributed by atoms with E-state index in [0.29, 0.717) is 18.1 Å². The van der Waals surface area contributed by atoms with E-state index in [1.54, 1.807) is 0 Å². The summed E-state index contributed by atoms with van der Waals surface area (Å²) in [4.78, 5) is 28.2. The number of nitrogens with one attached hydrogen (secondary N) is 2. The van der Waals surface area contributed by atoms with Crippen molar-refractivity contribution in [2.24, 2.45) is 0 Å². The Hall–Kier alpha value is -3.13. The number of ether oxygens (including phenoxy) is 1. The molecule has 2 aromatic heterocycles. The summed E-state index contributed by atoms with van der Waals surface area (Å²) in [6.07, 6.45) is 0.284. The molecule has 7 nitrogen and oxygen atoms in total. The van der Waals surface area contributed by atoms with Crippen molar-refractivity contribution in [2.75, 3.05) is 11.9 Å². The third-order valence-electron chi connectivity index (χ3n) is 4.13. The molecule has 0 unspecified atom stereocenters. The minimum Gasteiger partial charge on any atom is -0.466 e. The van der Waals surface area contributed by atoms with Gasteiger partial charge in [-0.05, 0) is 31.9 Å². The lowest BCUT2D eigenvalue weighted by Gasteiger charge is -2.07. The van der Waals surface area contributed by atoms with E-state index in [9.17, 15) is 9.59 Å². The van der Waals surface area contributed by atoms with E-state index in [1.807, 2.05) is 55.6 Å². The average Bonchev–Trinajstić information content (AvgIpc) is 3.29. The highest BCUT2D eigenvalue weighted by molar-refractivity contribution is 7.14. The predicted molar refractivity (Wildman–Crippen MR) is 112 cm³/mol. The number of alkyl carbamates (subject to hydrolysis) is 1. The van der Waals surface area contributed by atoms with Crippen LogP contribution in [0.4, 0.5) is 9.93 Å². The Morgan fingerprint density at radius 2 is 2.00 bits per heavy atom. The summed E-state index contributed by atoms with van der Waals surface area (Å²) in [6, 6.07) is 11.4. The van der Waals surface area contributed by atoms with Crippen LogP contribution in [0, 0.1) is 13.8 Å². The number of carbonyl (C=O) groups excluding carboxylic acids is 2. The van der Waals surface area contributed by atoms with Crippen molar-refractivity contribution in [3.05, 3.63) is 58.9 Å². The van der Waals surface area contributed by atoms with Crippen molar-refractivity contribution in [1.82, 2.24) is 10.3 Å². The molecule has 0 spiro atoms. The maximum absolute atomic E-state index is 12.1. The zero-order valence-corrected chi connectivity index (χ0v) is 17.2. The minimum absolute atomic E-state index is 0.148. The Bertz CT molecular complexity index is 965. The number of aryl methyl sites for hydroxylation is 2. The molecule has 3 rings (SSSR count). The van der Waals surface area contributed by atoms with Crippen LogP contribution in [-0.4, -0.2) is 23.5 Å². The van der Waals surface area contributed by atoms with Crippen LogP contribution in [0.1, 0.15) is 29.9 Å². The van der Waals surface area contributed by atoms with Gasteiger partial charge in [-0.1, -0.05) is 30.3 Å². The van der Waals surface area contributed by atoms with Crippen LogP contribution in [0.3, 0.4) is 0 Å². The molecule has 0 bridgehead atoms. The Labute approximate surface area is 173 Å². The lowest BCUT2D eigenvalue weighted by Crippen LogP contribution is -2.26. The molecule has 0 aliphatic rings. The first-order chi connectivity index (χ1) is 14.0. The number of benzene rings is 1. The Balaban J connectivity index is 1.35. The number of anilines is 1. The van der Waals surface area contributed by atoms with Crippen LogP contribution in [0.25, 0.3) is 11.3 Å². The van der Waals surface area contributed by atoms with Crippen molar-refractivity contribution in [2.45, 2.75) is 33.3 Å². The van der Waals surface area contributed by atoms with Crippen LogP contribution in [0.15, 0.2) is 46.2 Å². The number of rotatable bonds is 8. The fraction of sp³-hybridized carbons (Fsp3) is 0.286. The van der Waals surface area contributed by atoms with Gasteiger partial charge in [-0.15, -0.1) is 11.3 Å². The molecule has 0 fully saturated rings. The first-order valence-corrected chi connectivity index (χ1v) is 10.2. The molecule has 0 saturated heterocycles. The predicted octanol–water partition coefficient (Wildman–Crippen LogP) is 4.67. The van der Waals surface area contributed by atoms with Crippen LogP contribution in [-0.2, 0) is 16.1 Å². The Kier molecular flexibility index (Phi) is 7.02. The van der Waals surface area contributed by atoms with E-state index in [-0.39, 0.29) is 18.9 Å². The van der Waals surface area contributed by atoms with Gasteiger partial charge in [0.2, 0.25) is 5.91 Å². The maximum atomic E-state index is 12.1. The SMILES string of the molecule is Cc1cc(-c2csc(NC(=O)CCCNC(=O)OCc3ccccc3)n2)c(C)o1. The maximum Gasteiger partial charge on any atom is 0.407 e. The monoisotopic (exact) mass is 413 g/mol. The third-order valence-corrected chi connectivity index (χ3v) is 4.89. The van der Waals surface area contributed by atoms with Crippen molar-refractivity contribution in [1.29, 1.82) is 0 Å². The molecule has 2 N–H and O–H groups in total. The molecule has 8 heteroatoms. The number of carbonyl (C=O) groups is 2. The fourth-order valence-electron chi connectivity index (χ4n) is 2.74. The van der Waals surface area contributed by atoms with Gasteiger partial charge in [0.1, 0.15) is 18.1 Å². The molecule has 0 radical (unpaired) electrons. The zero-order valence-electron chi connectivity index (χ0n) is 16.4. The lowest BCUT2D eigenvalue weighted by atomic mass is 10.2. The Morgan fingerprint density at radius 1 is 1.21 bits per heavy atom. The number of aromatic nitrogens is 1. The molecule has 29 heavy (non-hydrogen) atoms. The molecule has 0 saturated carbocycles. The topological polar surface area (TPSA) is 93.5 Å². The van der Waals surface area contributed by atoms with Crippen LogP contribution in [0.2, 0.25) is 0 Å². The van der Waals surface area contributed by atoms with Crippen molar-refractivity contribution in [3.63, 3.8) is 0 Å². The smallest absolute Gasteiger partial charge is 0.407 e. The Morgan fingerprint density at radius 3 is 2.72 bits per heavy atom. The second kappa shape index (κ2) is 9.88. The zero-order chi connectivity index (χ0) is 20.6. The molecule has 0 aliphatic carbocycles. The first-order valence-electron chi connectivity index (χ1n) is 9.28. The number of hydrogen-bond acceptors (Lipinski definition) is 6. The highest BCUT2D eigenvalue weighted by atomic mass is 32.1. The second-order valence-corrected chi connectivity index (χ2v) is 7.36. The highest BCUT2D eigenvalue weighted by Crippen LogP contribution is 2.29. The van der Waals surface area contributed by atoms with E-state index in [2.05, 4.69) is 15.6 Å². The van der Waals surface area contributed by atoms with E-state index in [4.69, 9.17) is 9.15 Å². The summed E-state index contributed by atoms with van der Waals surface area (Å²) in [7, 11) is 0. The number of furan rings is 1. The van der Waals surface area contributed by atoms with Crippen molar-refractivity contribution in [3.8, 4) is 11.3 Å². The second-order valence-electron chi connectivity index (χ2n) is 6.51. The standard InChI is InChI=1S/C21H23N3O4S/c1-14-11-17(15(2)28-14)18-13-29-20(23-18)24-19(25)9-6-10-22-21(26)27-12-16-7-4-3-5-8-16/h3-5,7-8,11,13H,6,9-10,12H2,1-2H3,(H,22,26)(H,23,24,25). The molecular weight excluding hydrogens is 390 g/mol. The van der Waals surface area contributed by atoms with Crippen LogP contribution < -0.4 is 10.6 Å². The van der Waals surface area contributed by atoms with E-state index < -0.39 is 6.09 Å². The summed E-state index contributed by atoms with van der Waals surface area (Å²) >= 11 is 1.36. The fourth-order valence-corrected chi connectivity index (χ4v) is 3.46. The molecule has 152 valence electrons. The van der Waals surface area contributed by atoms with Gasteiger partial charge in [-0.2, -0.15) is 0 Å². The number of amides is 2. The molecule has 3 aromatic rings. The average molecular weight is 413 g/mol. The summed E-state index contributed by atoms with van der Waals surface area (Å²) in [5.41, 5.74) is 2.63.